The largest absolute Gasteiger partial charge is 0.456 e. The summed E-state index contributed by atoms with van der Waals surface area (Å²) < 4.78 is 17.9. The van der Waals surface area contributed by atoms with Gasteiger partial charge in [0.15, 0.2) is 0 Å². The van der Waals surface area contributed by atoms with E-state index in [4.69, 9.17) is 24.4 Å². The number of fused-ring (bicyclic) bond motifs is 26. The van der Waals surface area contributed by atoms with Crippen molar-refractivity contribution in [2.45, 2.75) is 0 Å². The summed E-state index contributed by atoms with van der Waals surface area (Å²) in [6.07, 6.45) is 0. The van der Waals surface area contributed by atoms with Gasteiger partial charge in [-0.25, -0.2) is 19.9 Å². The molecule has 8 heterocycles. The average molecular weight is 1370 g/mol. The Balaban J connectivity index is 0.000000129. The molecule has 0 aliphatic carbocycles. The van der Waals surface area contributed by atoms with Crippen molar-refractivity contribution in [2.24, 2.45) is 0 Å². The Morgan fingerprint density at radius 1 is 0.226 bits per heavy atom. The fraction of sp³-hybridized carbons (Fsp3) is 0. The van der Waals surface area contributed by atoms with Gasteiger partial charge >= 0.3 is 0 Å². The molecule has 106 heavy (non-hydrogen) atoms. The Hall–Kier alpha value is -14.1. The number of benzene rings is 16. The molecule has 0 fully saturated rings. The average Bonchev–Trinajstić information content (AvgIpc) is 1.55. The first-order valence-electron chi connectivity index (χ1n) is 35.8. The molecule has 0 radical (unpaired) electrons. The number of nitrogens with zero attached hydrogens (tertiary/aromatic N) is 8. The van der Waals surface area contributed by atoms with E-state index in [2.05, 4.69) is 339 Å². The molecule has 8 aromatic heterocycles. The first kappa shape index (κ1) is 58.6. The SMILES string of the molecule is c1ccc2c(c1)nc(-n1c3ccccc3c3cc(-c4ccc(-c5ccc6oc7ccccc7c6c5)cc4)c4ccccc4c31)n1c3ccccc3nc21.c1ccc2c(c1)nc(-n1c3ccccc3c3cc(-c4ccc(-c5ccc6sc7ccccc7c6c5)cc4)c4ccccc4c31)n1c3ccccc3nc21. The maximum atomic E-state index is 6.10. The van der Waals surface area contributed by atoms with Crippen LogP contribution in [0.5, 0.6) is 0 Å². The van der Waals surface area contributed by atoms with Crippen LogP contribution in [-0.4, -0.2) is 37.9 Å². The van der Waals surface area contributed by atoms with Gasteiger partial charge in [0.25, 0.3) is 0 Å². The minimum absolute atomic E-state index is 0.822. The van der Waals surface area contributed by atoms with E-state index in [-0.39, 0.29) is 0 Å². The van der Waals surface area contributed by atoms with Gasteiger partial charge in [-0.2, -0.15) is 0 Å². The van der Waals surface area contributed by atoms with Gasteiger partial charge in [-0.05, 0) is 164 Å². The zero-order valence-corrected chi connectivity index (χ0v) is 57.5. The lowest BCUT2D eigenvalue weighted by molar-refractivity contribution is 0.669. The van der Waals surface area contributed by atoms with Crippen molar-refractivity contribution in [3.8, 4) is 56.4 Å². The molecule has 492 valence electrons. The van der Waals surface area contributed by atoms with Crippen molar-refractivity contribution >= 4 is 174 Å². The predicted molar refractivity (Wildman–Crippen MR) is 442 cm³/mol. The van der Waals surface area contributed by atoms with E-state index in [9.17, 15) is 0 Å². The molecule has 0 saturated heterocycles. The summed E-state index contributed by atoms with van der Waals surface area (Å²) in [6, 6.07) is 121. The van der Waals surface area contributed by atoms with Crippen molar-refractivity contribution in [1.29, 1.82) is 0 Å². The van der Waals surface area contributed by atoms with E-state index in [1.807, 2.05) is 29.5 Å². The van der Waals surface area contributed by atoms with Crippen LogP contribution in [0.1, 0.15) is 0 Å². The van der Waals surface area contributed by atoms with E-state index in [0.29, 0.717) is 0 Å². The normalized spacial score (nSPS) is 12.2. The monoisotopic (exact) mass is 1370 g/mol. The van der Waals surface area contributed by atoms with Gasteiger partial charge in [-0.3, -0.25) is 17.9 Å². The van der Waals surface area contributed by atoms with Crippen molar-refractivity contribution in [3.63, 3.8) is 0 Å². The van der Waals surface area contributed by atoms with E-state index in [0.717, 1.165) is 111 Å². The molecule has 9 nitrogen and oxygen atoms in total. The molecule has 0 spiro atoms. The topological polar surface area (TPSA) is 83.4 Å². The quantitative estimate of drug-likeness (QED) is 0.166. The standard InChI is InChI=1S/C48H28N4O.C48H28N4S/c2*1-2-14-35-32(11-1)37(30-23-21-29(22-24-30)31-25-26-45-38(27-31)34-13-5-10-20-44(34)53-45)28-39-33-12-4-8-18-42(33)51(46(35)39)48-50-40-16-6-3-15-36(40)47-49-41-17-7-9-19-43(41)52(47)48/h2*1-28H. The van der Waals surface area contributed by atoms with E-state index in [1.54, 1.807) is 0 Å². The smallest absolute Gasteiger partial charge is 0.221 e. The molecular weight excluding hydrogens is 1310 g/mol. The zero-order chi connectivity index (χ0) is 69.2. The van der Waals surface area contributed by atoms with Crippen molar-refractivity contribution in [3.05, 3.63) is 340 Å². The van der Waals surface area contributed by atoms with Gasteiger partial charge in [0, 0.05) is 74.0 Å². The lowest BCUT2D eigenvalue weighted by Crippen LogP contribution is -2.06. The molecule has 0 atom stereocenters. The van der Waals surface area contributed by atoms with Crippen LogP contribution < -0.4 is 0 Å². The van der Waals surface area contributed by atoms with Crippen LogP contribution in [0.15, 0.2) is 344 Å². The van der Waals surface area contributed by atoms with Crippen LogP contribution in [-0.2, 0) is 0 Å². The van der Waals surface area contributed by atoms with Crippen LogP contribution in [0.3, 0.4) is 0 Å². The molecule has 0 amide bonds. The maximum Gasteiger partial charge on any atom is 0.221 e. The third-order valence-electron chi connectivity index (χ3n) is 21.8. The van der Waals surface area contributed by atoms with Gasteiger partial charge in [0.1, 0.15) is 22.5 Å². The van der Waals surface area contributed by atoms with Gasteiger partial charge in [0.2, 0.25) is 11.9 Å². The van der Waals surface area contributed by atoms with Gasteiger partial charge in [-0.15, -0.1) is 11.3 Å². The van der Waals surface area contributed by atoms with Crippen molar-refractivity contribution in [2.75, 3.05) is 0 Å². The second-order valence-corrected chi connectivity index (χ2v) is 28.7. The molecule has 16 aromatic carbocycles. The molecule has 0 bridgehead atoms. The molecule has 10 heteroatoms. The number of para-hydroxylation sites is 9. The van der Waals surface area contributed by atoms with Crippen LogP contribution in [0.25, 0.3) is 219 Å². The summed E-state index contributed by atoms with van der Waals surface area (Å²) in [6.45, 7) is 0. The molecule has 0 aliphatic heterocycles. The number of hydrogen-bond donors (Lipinski definition) is 0. The van der Waals surface area contributed by atoms with Crippen LogP contribution in [0.4, 0.5) is 0 Å². The zero-order valence-electron chi connectivity index (χ0n) is 56.7. The summed E-state index contributed by atoms with van der Waals surface area (Å²) in [7, 11) is 0. The van der Waals surface area contributed by atoms with Gasteiger partial charge in [-0.1, -0.05) is 231 Å². The number of imidazole rings is 2. The van der Waals surface area contributed by atoms with Crippen LogP contribution >= 0.6 is 11.3 Å². The predicted octanol–water partition coefficient (Wildman–Crippen LogP) is 25.5. The Morgan fingerprint density at radius 3 is 1.12 bits per heavy atom. The highest BCUT2D eigenvalue weighted by Crippen LogP contribution is 2.46. The Kier molecular flexibility index (Phi) is 12.6. The summed E-state index contributed by atoms with van der Waals surface area (Å²) in [5, 5.41) is 16.5. The molecular formula is C96H56N8OS. The Morgan fingerprint density at radius 2 is 0.594 bits per heavy atom. The Labute approximate surface area is 608 Å². The highest BCUT2D eigenvalue weighted by molar-refractivity contribution is 7.25. The van der Waals surface area contributed by atoms with Crippen molar-refractivity contribution < 1.29 is 4.42 Å². The number of furan rings is 1. The number of rotatable bonds is 6. The first-order valence-corrected chi connectivity index (χ1v) is 36.7. The van der Waals surface area contributed by atoms with E-state index >= 15 is 0 Å². The number of hydrogen-bond acceptors (Lipinski definition) is 6. The molecule has 0 saturated carbocycles. The van der Waals surface area contributed by atoms with Crippen molar-refractivity contribution in [1.82, 2.24) is 37.9 Å². The molecule has 24 aromatic rings. The fourth-order valence-corrected chi connectivity index (χ4v) is 18.1. The van der Waals surface area contributed by atoms with E-state index in [1.165, 1.54) is 108 Å². The number of thiophene rings is 1. The second kappa shape index (κ2) is 22.7. The lowest BCUT2D eigenvalue weighted by atomic mass is 9.93. The van der Waals surface area contributed by atoms with Crippen LogP contribution in [0, 0.1) is 0 Å². The second-order valence-electron chi connectivity index (χ2n) is 27.6. The minimum atomic E-state index is 0.822. The highest BCUT2D eigenvalue weighted by Gasteiger charge is 2.26. The molecule has 0 aliphatic rings. The number of aromatic nitrogens is 8. The van der Waals surface area contributed by atoms with Gasteiger partial charge < -0.3 is 4.42 Å². The fourth-order valence-electron chi connectivity index (χ4n) is 17.0. The minimum Gasteiger partial charge on any atom is -0.456 e. The van der Waals surface area contributed by atoms with Crippen LogP contribution in [0.2, 0.25) is 0 Å². The summed E-state index contributed by atoms with van der Waals surface area (Å²) in [5.74, 6) is 1.65. The maximum absolute atomic E-state index is 6.10. The third kappa shape index (κ3) is 8.70. The summed E-state index contributed by atoms with van der Waals surface area (Å²) in [5.41, 5.74) is 23.5. The Bertz CT molecular complexity index is 7380. The molecule has 0 unspecified atom stereocenters. The summed E-state index contributed by atoms with van der Waals surface area (Å²) >= 11 is 1.86. The molecule has 24 rings (SSSR count). The molecule has 0 N–H and O–H groups in total. The first-order chi connectivity index (χ1) is 52.6. The lowest BCUT2D eigenvalue weighted by Gasteiger charge is -2.15. The summed E-state index contributed by atoms with van der Waals surface area (Å²) in [4.78, 5) is 21.1. The highest BCUT2D eigenvalue weighted by atomic mass is 32.1. The third-order valence-corrected chi connectivity index (χ3v) is 23.0. The van der Waals surface area contributed by atoms with E-state index < -0.39 is 0 Å². The van der Waals surface area contributed by atoms with Gasteiger partial charge in [0.05, 0.1) is 55.2 Å².